The molecule has 0 unspecified atom stereocenters. The summed E-state index contributed by atoms with van der Waals surface area (Å²) in [6, 6.07) is 3.91. The lowest BCUT2D eigenvalue weighted by atomic mass is 9.82. The van der Waals surface area contributed by atoms with Gasteiger partial charge in [0.1, 0.15) is 6.29 Å². The van der Waals surface area contributed by atoms with E-state index in [1.165, 1.54) is 5.56 Å². The molecule has 3 rings (SSSR count). The molecule has 0 bridgehead atoms. The average molecular weight is 289 g/mol. The summed E-state index contributed by atoms with van der Waals surface area (Å²) in [5.74, 6) is 1.26. The van der Waals surface area contributed by atoms with Crippen LogP contribution in [-0.4, -0.2) is 37.9 Å². The average Bonchev–Trinajstić information content (AvgIpc) is 2.52. The van der Waals surface area contributed by atoms with Crippen LogP contribution in [0.1, 0.15) is 30.0 Å². The summed E-state index contributed by atoms with van der Waals surface area (Å²) in [6.45, 7) is 0.706. The Balaban J connectivity index is 2.04. The molecule has 0 N–H and O–H groups in total. The second-order valence-corrected chi connectivity index (χ2v) is 5.59. The summed E-state index contributed by atoms with van der Waals surface area (Å²) in [4.78, 5) is 25.2. The third kappa shape index (κ3) is 2.26. The lowest BCUT2D eigenvalue weighted by Gasteiger charge is -2.42. The van der Waals surface area contributed by atoms with Crippen LogP contribution in [0.3, 0.4) is 0 Å². The number of carbonyl (C=O) groups excluding carboxylic acids is 2. The Hall–Kier alpha value is -2.04. The first-order valence-corrected chi connectivity index (χ1v) is 7.17. The molecule has 21 heavy (non-hydrogen) atoms. The minimum atomic E-state index is -0.183. The normalized spacial score (nSPS) is 24.1. The molecule has 5 nitrogen and oxygen atoms in total. The molecule has 1 saturated heterocycles. The van der Waals surface area contributed by atoms with Crippen molar-refractivity contribution < 1.29 is 19.1 Å². The molecule has 2 atom stereocenters. The second-order valence-electron chi connectivity index (χ2n) is 5.59. The van der Waals surface area contributed by atoms with Crippen LogP contribution in [0, 0.1) is 5.92 Å². The van der Waals surface area contributed by atoms with Crippen molar-refractivity contribution in [2.24, 2.45) is 5.92 Å². The van der Waals surface area contributed by atoms with E-state index in [1.54, 1.807) is 14.2 Å². The van der Waals surface area contributed by atoms with Gasteiger partial charge in [0.15, 0.2) is 11.5 Å². The lowest BCUT2D eigenvalue weighted by Crippen LogP contribution is -2.45. The number of piperidine rings is 1. The highest BCUT2D eigenvalue weighted by atomic mass is 16.5. The highest BCUT2D eigenvalue weighted by molar-refractivity contribution is 5.81. The third-order valence-corrected chi connectivity index (χ3v) is 4.48. The SMILES string of the molecule is COc1cc2c(cc1OC)[C@H]1C[C@@H](C=O)CC(=O)N1CC2. The summed E-state index contributed by atoms with van der Waals surface area (Å²) < 4.78 is 10.7. The van der Waals surface area contributed by atoms with E-state index in [4.69, 9.17) is 9.47 Å². The van der Waals surface area contributed by atoms with Gasteiger partial charge >= 0.3 is 0 Å². The van der Waals surface area contributed by atoms with E-state index >= 15 is 0 Å². The van der Waals surface area contributed by atoms with Crippen molar-refractivity contribution in [2.45, 2.75) is 25.3 Å². The van der Waals surface area contributed by atoms with Crippen molar-refractivity contribution in [1.29, 1.82) is 0 Å². The van der Waals surface area contributed by atoms with Crippen LogP contribution >= 0.6 is 0 Å². The number of methoxy groups -OCH3 is 2. The molecule has 112 valence electrons. The van der Waals surface area contributed by atoms with Gasteiger partial charge in [-0.1, -0.05) is 0 Å². The Morgan fingerprint density at radius 3 is 2.62 bits per heavy atom. The number of amides is 1. The van der Waals surface area contributed by atoms with Gasteiger partial charge in [0.2, 0.25) is 5.91 Å². The smallest absolute Gasteiger partial charge is 0.223 e. The topological polar surface area (TPSA) is 55.8 Å². The zero-order chi connectivity index (χ0) is 15.0. The van der Waals surface area contributed by atoms with E-state index in [0.29, 0.717) is 30.9 Å². The van der Waals surface area contributed by atoms with Crippen LogP contribution in [-0.2, 0) is 16.0 Å². The molecule has 0 aromatic heterocycles. The first kappa shape index (κ1) is 13.9. The Bertz CT molecular complexity index is 584. The van der Waals surface area contributed by atoms with Gasteiger partial charge in [0.05, 0.1) is 20.3 Å². The van der Waals surface area contributed by atoms with E-state index in [2.05, 4.69) is 0 Å². The molecule has 0 aliphatic carbocycles. The van der Waals surface area contributed by atoms with Gasteiger partial charge in [-0.25, -0.2) is 0 Å². The Kier molecular flexibility index (Phi) is 3.57. The van der Waals surface area contributed by atoms with Crippen LogP contribution < -0.4 is 9.47 Å². The van der Waals surface area contributed by atoms with Crippen molar-refractivity contribution >= 4 is 12.2 Å². The van der Waals surface area contributed by atoms with Gasteiger partial charge in [-0.2, -0.15) is 0 Å². The fourth-order valence-electron chi connectivity index (χ4n) is 3.40. The molecular weight excluding hydrogens is 270 g/mol. The molecule has 2 heterocycles. The Labute approximate surface area is 123 Å². The van der Waals surface area contributed by atoms with Gasteiger partial charge in [0, 0.05) is 18.9 Å². The van der Waals surface area contributed by atoms with E-state index in [-0.39, 0.29) is 17.9 Å². The van der Waals surface area contributed by atoms with Gasteiger partial charge in [-0.15, -0.1) is 0 Å². The summed E-state index contributed by atoms with van der Waals surface area (Å²) >= 11 is 0. The maximum atomic E-state index is 12.2. The predicted octanol–water partition coefficient (Wildman–Crippen LogP) is 1.74. The van der Waals surface area contributed by atoms with Gasteiger partial charge in [-0.3, -0.25) is 4.79 Å². The summed E-state index contributed by atoms with van der Waals surface area (Å²) in [5.41, 5.74) is 2.26. The number of ether oxygens (including phenoxy) is 2. The molecule has 2 aliphatic rings. The minimum Gasteiger partial charge on any atom is -0.493 e. The van der Waals surface area contributed by atoms with Gasteiger partial charge < -0.3 is 19.2 Å². The largest absolute Gasteiger partial charge is 0.493 e. The van der Waals surface area contributed by atoms with Crippen LogP contribution in [0.4, 0.5) is 0 Å². The molecule has 1 fully saturated rings. The number of aldehydes is 1. The number of hydrogen-bond donors (Lipinski definition) is 0. The number of hydrogen-bond acceptors (Lipinski definition) is 4. The monoisotopic (exact) mass is 289 g/mol. The van der Waals surface area contributed by atoms with E-state index in [1.807, 2.05) is 17.0 Å². The highest BCUT2D eigenvalue weighted by Gasteiger charge is 2.38. The molecule has 5 heteroatoms. The van der Waals surface area contributed by atoms with Crippen molar-refractivity contribution in [2.75, 3.05) is 20.8 Å². The van der Waals surface area contributed by atoms with Crippen molar-refractivity contribution in [3.63, 3.8) is 0 Å². The summed E-state index contributed by atoms with van der Waals surface area (Å²) in [5, 5.41) is 0. The van der Waals surface area contributed by atoms with E-state index < -0.39 is 0 Å². The summed E-state index contributed by atoms with van der Waals surface area (Å²) in [7, 11) is 3.22. The molecule has 0 radical (unpaired) electrons. The number of carbonyl (C=O) groups is 2. The van der Waals surface area contributed by atoms with Crippen molar-refractivity contribution in [3.8, 4) is 11.5 Å². The Morgan fingerprint density at radius 1 is 1.24 bits per heavy atom. The van der Waals surface area contributed by atoms with E-state index in [0.717, 1.165) is 18.3 Å². The molecule has 1 aromatic rings. The zero-order valence-electron chi connectivity index (χ0n) is 12.3. The molecule has 1 aromatic carbocycles. The number of benzene rings is 1. The molecule has 0 spiro atoms. The maximum absolute atomic E-state index is 12.2. The molecular formula is C16H19NO4. The van der Waals surface area contributed by atoms with Crippen molar-refractivity contribution in [3.05, 3.63) is 23.3 Å². The van der Waals surface area contributed by atoms with Crippen LogP contribution in [0.25, 0.3) is 0 Å². The standard InChI is InChI=1S/C16H19NO4/c1-20-14-7-11-3-4-17-13(12(11)8-15(14)21-2)5-10(9-18)6-16(17)19/h7-10,13H,3-6H2,1-2H3/t10-,13-/m1/s1. The molecule has 2 aliphatic heterocycles. The highest BCUT2D eigenvalue weighted by Crippen LogP contribution is 2.42. The predicted molar refractivity (Wildman–Crippen MR) is 76.5 cm³/mol. The number of fused-ring (bicyclic) bond motifs is 3. The first-order chi connectivity index (χ1) is 10.2. The van der Waals surface area contributed by atoms with E-state index in [9.17, 15) is 9.59 Å². The molecule has 1 amide bonds. The second kappa shape index (κ2) is 5.39. The zero-order valence-corrected chi connectivity index (χ0v) is 12.3. The van der Waals surface area contributed by atoms with Gasteiger partial charge in [-0.05, 0) is 36.1 Å². The van der Waals surface area contributed by atoms with Crippen LogP contribution in [0.2, 0.25) is 0 Å². The third-order valence-electron chi connectivity index (χ3n) is 4.48. The number of nitrogens with zero attached hydrogens (tertiary/aromatic N) is 1. The lowest BCUT2D eigenvalue weighted by molar-refractivity contribution is -0.141. The minimum absolute atomic E-state index is 0.0231. The van der Waals surface area contributed by atoms with Gasteiger partial charge in [0.25, 0.3) is 0 Å². The Morgan fingerprint density at radius 2 is 1.95 bits per heavy atom. The fraction of sp³-hybridized carbons (Fsp3) is 0.500. The first-order valence-electron chi connectivity index (χ1n) is 7.17. The summed E-state index contributed by atoms with van der Waals surface area (Å²) in [6.07, 6.45) is 2.74. The fourth-order valence-corrected chi connectivity index (χ4v) is 3.40. The van der Waals surface area contributed by atoms with Crippen LogP contribution in [0.5, 0.6) is 11.5 Å². The molecule has 0 saturated carbocycles. The maximum Gasteiger partial charge on any atom is 0.223 e. The van der Waals surface area contributed by atoms with Crippen molar-refractivity contribution in [1.82, 2.24) is 4.90 Å². The number of rotatable bonds is 3. The quantitative estimate of drug-likeness (QED) is 0.795. The van der Waals surface area contributed by atoms with Crippen LogP contribution in [0.15, 0.2) is 12.1 Å².